The third kappa shape index (κ3) is 15.3. The van der Waals surface area contributed by atoms with Crippen molar-refractivity contribution in [2.75, 3.05) is 41.3 Å². The number of carboxylic acids is 1. The molecule has 0 spiro atoms. The molecule has 19 nitrogen and oxygen atoms in total. The minimum Gasteiger partial charge on any atom is -0.480 e. The number of nitrogens with zero attached hydrogens (tertiary/aromatic N) is 5. The molecule has 1 atom stereocenters. The van der Waals surface area contributed by atoms with E-state index in [9.17, 15) is 42.0 Å². The normalized spacial score (nSPS) is 16.0. The monoisotopic (exact) mass is 1180 g/mol. The number of aliphatic carboxylic acids is 1. The Bertz CT molecular complexity index is 3870. The Labute approximate surface area is 501 Å². The summed E-state index contributed by atoms with van der Waals surface area (Å²) < 4.78 is 35.0. The number of para-hydroxylation sites is 2. The van der Waals surface area contributed by atoms with E-state index in [1.807, 2.05) is 36.4 Å². The number of aromatic amines is 1. The molecule has 0 unspecified atom stereocenters. The average molecular weight is 1180 g/mol. The molecule has 0 fully saturated rings. The van der Waals surface area contributed by atoms with Crippen molar-refractivity contribution < 1.29 is 41.8 Å². The number of carbonyl (C=O) groups is 4. The summed E-state index contributed by atoms with van der Waals surface area (Å²) in [6.45, 7) is 8.78. The minimum absolute atomic E-state index is 0.0441. The second-order valence-corrected chi connectivity index (χ2v) is 24.1. The Morgan fingerprint density at radius 3 is 2.37 bits per heavy atom. The molecule has 8 N–H and O–H groups in total. The summed E-state index contributed by atoms with van der Waals surface area (Å²) >= 11 is 0. The molecule has 3 aliphatic rings. The Morgan fingerprint density at radius 2 is 1.60 bits per heavy atom. The van der Waals surface area contributed by atoms with Gasteiger partial charge in [-0.3, -0.25) is 28.7 Å². The van der Waals surface area contributed by atoms with Gasteiger partial charge in [0, 0.05) is 84.7 Å². The van der Waals surface area contributed by atoms with Crippen molar-refractivity contribution in [3.8, 4) is 0 Å². The molecule has 1 aliphatic carbocycles. The number of anilines is 3. The van der Waals surface area contributed by atoms with Crippen molar-refractivity contribution >= 4 is 79.1 Å². The SMILES string of the molecule is CCCCC[N+]1=C(C=CC2=C(c3ccc(C(=O)NCCCC(=O)CC[C@H](NC(=O)c4ccc(NCc5cnc6nc(N)[nH]c(=O)c6n5)cc4)C(=O)O)cc3)C(=CC=C3Cc4ccccc4N3CCCCS(=O)(=O)O)CCC2)C(C)(C)c2ccccc21. The number of benzene rings is 4. The number of nitrogens with two attached hydrogens (primary N) is 1. The predicted octanol–water partition coefficient (Wildman–Crippen LogP) is 9.95. The molecule has 20 heteroatoms. The van der Waals surface area contributed by atoms with Gasteiger partial charge < -0.3 is 31.7 Å². The van der Waals surface area contributed by atoms with Crippen LogP contribution in [0.4, 0.5) is 23.0 Å². The number of amides is 2. The summed E-state index contributed by atoms with van der Waals surface area (Å²) in [6, 6.07) is 29.6. The highest BCUT2D eigenvalue weighted by molar-refractivity contribution is 7.85. The van der Waals surface area contributed by atoms with Crippen molar-refractivity contribution in [3.05, 3.63) is 188 Å². The van der Waals surface area contributed by atoms with Crippen LogP contribution in [-0.4, -0.2) is 103 Å². The van der Waals surface area contributed by atoms with Crippen LogP contribution in [0.5, 0.6) is 0 Å². The summed E-state index contributed by atoms with van der Waals surface area (Å²) in [7, 11) is -4.06. The molecule has 2 amide bonds. The Kier molecular flexibility index (Phi) is 20.0. The summed E-state index contributed by atoms with van der Waals surface area (Å²) in [6.07, 6.45) is 18.4. The van der Waals surface area contributed by atoms with Crippen molar-refractivity contribution in [2.45, 2.75) is 122 Å². The van der Waals surface area contributed by atoms with Gasteiger partial charge in [0.1, 0.15) is 18.4 Å². The lowest BCUT2D eigenvalue weighted by Crippen LogP contribution is -2.41. The number of fused-ring (bicyclic) bond motifs is 3. The van der Waals surface area contributed by atoms with Gasteiger partial charge in [-0.25, -0.2) is 14.8 Å². The number of nitrogen functional groups attached to an aromatic ring is 1. The summed E-state index contributed by atoms with van der Waals surface area (Å²) in [5.74, 6) is -2.73. The number of H-pyrrole nitrogens is 1. The van der Waals surface area contributed by atoms with E-state index in [0.717, 1.165) is 74.0 Å². The second kappa shape index (κ2) is 27.9. The maximum Gasteiger partial charge on any atom is 0.326 e. The smallest absolute Gasteiger partial charge is 0.326 e. The van der Waals surface area contributed by atoms with E-state index in [0.29, 0.717) is 42.8 Å². The molecule has 4 heterocycles. The molecule has 0 saturated heterocycles. The summed E-state index contributed by atoms with van der Waals surface area (Å²) in [5, 5.41) is 18.5. The molecule has 0 bridgehead atoms. The van der Waals surface area contributed by atoms with E-state index >= 15 is 0 Å². The third-order valence-corrected chi connectivity index (χ3v) is 16.9. The fraction of sp³-hybridized carbons (Fsp3) is 0.348. The molecule has 448 valence electrons. The number of aromatic nitrogens is 4. The fourth-order valence-electron chi connectivity index (χ4n) is 11.5. The van der Waals surface area contributed by atoms with Gasteiger partial charge in [-0.05, 0) is 142 Å². The number of ketones is 1. The highest BCUT2D eigenvalue weighted by Crippen LogP contribution is 2.42. The quantitative estimate of drug-likeness (QED) is 0.0143. The number of Topliss-reactive ketones (excluding diaryl/α,β-unsaturated/α-hetero) is 1. The standard InChI is InChI=1S/C66H74N10O9S/c1-4-5-10-38-76-56-21-9-7-19-53(56)66(2,3)57(76)35-29-44-17-13-16-43(28-32-51-40-48-15-6-8-20-55(48)75(51)37-11-12-39-86(83,84)85)58(44)45-22-24-46(25-23-45)61(78)68-36-14-18-52(77)33-34-54(64(81)82)72-62(79)47-26-30-49(31-27-47)69-41-50-42-70-60-59(71-50)63(80)74-65(67)73-60/h6-9,15,19-32,35,42,54H,4-5,10-14,16-18,33-34,36-41H2,1-3H3,(H7-,67,68,69,70,72,73,74,78,79,80,81,82,83,84,85)/p+1/t54-/m0/s1. The molecule has 4 aromatic carbocycles. The largest absolute Gasteiger partial charge is 0.480 e. The first-order valence-electron chi connectivity index (χ1n) is 29.5. The molecule has 0 radical (unpaired) electrons. The third-order valence-electron chi connectivity index (χ3n) is 16.0. The number of nitrogens with one attached hydrogen (secondary N) is 4. The van der Waals surface area contributed by atoms with Crippen LogP contribution in [0.2, 0.25) is 0 Å². The first-order valence-corrected chi connectivity index (χ1v) is 31.1. The number of unbranched alkanes of at least 4 members (excludes halogenated alkanes) is 3. The van der Waals surface area contributed by atoms with Gasteiger partial charge in [-0.2, -0.15) is 18.0 Å². The number of carbonyl (C=O) groups excluding carboxylic acids is 3. The summed E-state index contributed by atoms with van der Waals surface area (Å²) in [4.78, 5) is 81.2. The molecule has 6 aromatic rings. The van der Waals surface area contributed by atoms with Crippen LogP contribution in [0.15, 0.2) is 149 Å². The molecule has 2 aliphatic heterocycles. The zero-order valence-electron chi connectivity index (χ0n) is 48.9. The molecule has 0 saturated carbocycles. The number of hydrogen-bond donors (Lipinski definition) is 7. The predicted molar refractivity (Wildman–Crippen MR) is 335 cm³/mol. The second-order valence-electron chi connectivity index (χ2n) is 22.6. The van der Waals surface area contributed by atoms with Crippen LogP contribution in [0, 0.1) is 0 Å². The van der Waals surface area contributed by atoms with Crippen molar-refractivity contribution in [2.24, 2.45) is 0 Å². The Morgan fingerprint density at radius 1 is 0.860 bits per heavy atom. The van der Waals surface area contributed by atoms with Gasteiger partial charge in [-0.15, -0.1) is 0 Å². The lowest BCUT2D eigenvalue weighted by Gasteiger charge is -2.24. The van der Waals surface area contributed by atoms with Gasteiger partial charge in [0.2, 0.25) is 11.6 Å². The van der Waals surface area contributed by atoms with Crippen LogP contribution in [0.1, 0.15) is 141 Å². The van der Waals surface area contributed by atoms with Crippen molar-refractivity contribution in [1.82, 2.24) is 30.6 Å². The van der Waals surface area contributed by atoms with Crippen LogP contribution in [0.25, 0.3) is 16.7 Å². The lowest BCUT2D eigenvalue weighted by molar-refractivity contribution is -0.438. The van der Waals surface area contributed by atoms with Crippen molar-refractivity contribution in [1.29, 1.82) is 0 Å². The van der Waals surface area contributed by atoms with E-state index in [4.69, 9.17) is 5.73 Å². The van der Waals surface area contributed by atoms with Crippen molar-refractivity contribution in [3.63, 3.8) is 0 Å². The number of rotatable bonds is 27. The van der Waals surface area contributed by atoms with Gasteiger partial charge >= 0.3 is 5.97 Å². The highest BCUT2D eigenvalue weighted by atomic mass is 32.2. The average Bonchev–Trinajstić information content (AvgIpc) is 1.71. The zero-order chi connectivity index (χ0) is 61.0. The number of hydrogen-bond acceptors (Lipinski definition) is 13. The van der Waals surface area contributed by atoms with Crippen LogP contribution < -0.4 is 32.1 Å². The molecule has 2 aromatic heterocycles. The van der Waals surface area contributed by atoms with Crippen LogP contribution >= 0.6 is 0 Å². The molecule has 86 heavy (non-hydrogen) atoms. The van der Waals surface area contributed by atoms with Gasteiger partial charge in [0.05, 0.1) is 29.6 Å². The number of carboxylic acid groups (broad SMARTS) is 1. The lowest BCUT2D eigenvalue weighted by atomic mass is 9.80. The maximum absolute atomic E-state index is 13.6. The summed E-state index contributed by atoms with van der Waals surface area (Å²) in [5.41, 5.74) is 18.4. The van der Waals surface area contributed by atoms with Crippen LogP contribution in [-0.2, 0) is 38.1 Å². The fourth-order valence-corrected chi connectivity index (χ4v) is 12.1. The van der Waals surface area contributed by atoms with E-state index in [-0.39, 0.29) is 77.9 Å². The first-order chi connectivity index (χ1) is 41.4. The van der Waals surface area contributed by atoms with Gasteiger partial charge in [-0.1, -0.05) is 74.0 Å². The first kappa shape index (κ1) is 61.7. The van der Waals surface area contributed by atoms with E-state index < -0.39 is 33.6 Å². The Hall–Kier alpha value is -8.88. The Balaban J connectivity index is 0.837. The topological polar surface area (TPSA) is 283 Å². The minimum atomic E-state index is -4.06. The highest BCUT2D eigenvalue weighted by Gasteiger charge is 2.44. The van der Waals surface area contributed by atoms with Gasteiger partial charge in [0.15, 0.2) is 16.9 Å². The maximum atomic E-state index is 13.6. The molecular weight excluding hydrogens is 1110 g/mol. The van der Waals surface area contributed by atoms with Crippen LogP contribution in [0.3, 0.4) is 0 Å². The number of allylic oxidation sites excluding steroid dienone is 8. The van der Waals surface area contributed by atoms with E-state index in [2.05, 4.69) is 127 Å². The zero-order valence-corrected chi connectivity index (χ0v) is 49.7. The molecule has 9 rings (SSSR count). The van der Waals surface area contributed by atoms with E-state index in [1.54, 1.807) is 12.1 Å². The van der Waals surface area contributed by atoms with Gasteiger partial charge in [0.25, 0.3) is 27.5 Å². The van der Waals surface area contributed by atoms with E-state index in [1.165, 1.54) is 52.0 Å². The molecular formula is C66H75N10O9S+.